The van der Waals surface area contributed by atoms with Gasteiger partial charge >= 0.3 is 0 Å². The van der Waals surface area contributed by atoms with Gasteiger partial charge in [-0.15, -0.1) is 0 Å². The molecule has 9 heteroatoms. The summed E-state index contributed by atoms with van der Waals surface area (Å²) in [6.07, 6.45) is 4.17. The first-order chi connectivity index (χ1) is 15.9. The highest BCUT2D eigenvalue weighted by Gasteiger charge is 2.39. The number of carbonyl (C=O) groups excluding carboxylic acids is 3. The third kappa shape index (κ3) is 4.08. The SMILES string of the molecule is Cc1ccncc1CN1CCN(c2cc3c(cc2F)C(=O)N(C2CCC(=O)NC2=O)C3)CC1. The molecule has 2 saturated heterocycles. The normalized spacial score (nSPS) is 21.4. The average Bonchev–Trinajstić information content (AvgIpc) is 3.11. The second-order valence-corrected chi connectivity index (χ2v) is 8.93. The van der Waals surface area contributed by atoms with E-state index >= 15 is 4.39 Å². The second-order valence-electron chi connectivity index (χ2n) is 8.93. The molecule has 3 aliphatic rings. The van der Waals surface area contributed by atoms with Gasteiger partial charge in [-0.3, -0.25) is 29.6 Å². The molecule has 8 nitrogen and oxygen atoms in total. The molecular formula is C24H26FN5O3. The first kappa shape index (κ1) is 21.5. The number of rotatable bonds is 4. The summed E-state index contributed by atoms with van der Waals surface area (Å²) < 4.78 is 15.0. The van der Waals surface area contributed by atoms with Crippen LogP contribution in [0.1, 0.15) is 39.9 Å². The van der Waals surface area contributed by atoms with Crippen molar-refractivity contribution in [2.24, 2.45) is 0 Å². The Kier molecular flexibility index (Phi) is 5.57. The zero-order valence-electron chi connectivity index (χ0n) is 18.5. The maximum Gasteiger partial charge on any atom is 0.255 e. The minimum absolute atomic E-state index is 0.193. The van der Waals surface area contributed by atoms with Crippen molar-refractivity contribution in [3.8, 4) is 0 Å². The van der Waals surface area contributed by atoms with Gasteiger partial charge in [-0.25, -0.2) is 4.39 Å². The van der Waals surface area contributed by atoms with E-state index in [1.165, 1.54) is 22.1 Å². The number of fused-ring (bicyclic) bond motifs is 1. The van der Waals surface area contributed by atoms with Crippen LogP contribution >= 0.6 is 0 Å². The van der Waals surface area contributed by atoms with Crippen molar-refractivity contribution in [3.63, 3.8) is 0 Å². The Morgan fingerprint density at radius 3 is 2.67 bits per heavy atom. The number of pyridine rings is 1. The maximum absolute atomic E-state index is 15.0. The molecule has 1 aromatic carbocycles. The molecule has 1 N–H and O–H groups in total. The van der Waals surface area contributed by atoms with E-state index in [0.717, 1.165) is 25.2 Å². The number of piperidine rings is 1. The molecule has 1 aromatic heterocycles. The van der Waals surface area contributed by atoms with Crippen LogP contribution in [0.25, 0.3) is 0 Å². The van der Waals surface area contributed by atoms with E-state index in [-0.39, 0.29) is 31.2 Å². The Bertz CT molecular complexity index is 1130. The van der Waals surface area contributed by atoms with Gasteiger partial charge in [0.2, 0.25) is 11.8 Å². The molecule has 4 heterocycles. The van der Waals surface area contributed by atoms with Gasteiger partial charge in [0.25, 0.3) is 5.91 Å². The Labute approximate surface area is 191 Å². The van der Waals surface area contributed by atoms with E-state index in [9.17, 15) is 14.4 Å². The number of benzene rings is 1. The van der Waals surface area contributed by atoms with Crippen LogP contribution in [0.4, 0.5) is 10.1 Å². The molecule has 1 atom stereocenters. The van der Waals surface area contributed by atoms with E-state index < -0.39 is 17.8 Å². The van der Waals surface area contributed by atoms with Gasteiger partial charge in [-0.05, 0) is 48.2 Å². The van der Waals surface area contributed by atoms with Gasteiger partial charge in [0.05, 0.1) is 5.69 Å². The smallest absolute Gasteiger partial charge is 0.255 e. The van der Waals surface area contributed by atoms with Crippen molar-refractivity contribution in [2.75, 3.05) is 31.1 Å². The lowest BCUT2D eigenvalue weighted by Crippen LogP contribution is -2.52. The minimum atomic E-state index is -0.700. The monoisotopic (exact) mass is 451 g/mol. The van der Waals surface area contributed by atoms with Crippen molar-refractivity contribution in [2.45, 2.75) is 38.9 Å². The van der Waals surface area contributed by atoms with Gasteiger partial charge < -0.3 is 9.80 Å². The number of aryl methyl sites for hydroxylation is 1. The third-order valence-corrected chi connectivity index (χ3v) is 6.85. The highest BCUT2D eigenvalue weighted by molar-refractivity contribution is 6.05. The van der Waals surface area contributed by atoms with Crippen molar-refractivity contribution >= 4 is 23.4 Å². The zero-order valence-corrected chi connectivity index (χ0v) is 18.5. The summed E-state index contributed by atoms with van der Waals surface area (Å²) in [7, 11) is 0. The Morgan fingerprint density at radius 2 is 1.94 bits per heavy atom. The molecule has 0 spiro atoms. The number of aromatic nitrogens is 1. The third-order valence-electron chi connectivity index (χ3n) is 6.85. The van der Waals surface area contributed by atoms with E-state index in [4.69, 9.17) is 0 Å². The summed E-state index contributed by atoms with van der Waals surface area (Å²) in [6, 6.07) is 4.35. The Morgan fingerprint density at radius 1 is 1.15 bits per heavy atom. The van der Waals surface area contributed by atoms with Crippen molar-refractivity contribution < 1.29 is 18.8 Å². The van der Waals surface area contributed by atoms with E-state index in [1.807, 2.05) is 17.2 Å². The lowest BCUT2D eigenvalue weighted by molar-refractivity contribution is -0.136. The van der Waals surface area contributed by atoms with E-state index in [0.29, 0.717) is 24.3 Å². The topological polar surface area (TPSA) is 85.8 Å². The van der Waals surface area contributed by atoms with Crippen LogP contribution in [-0.4, -0.2) is 64.7 Å². The van der Waals surface area contributed by atoms with Crippen LogP contribution < -0.4 is 10.2 Å². The molecule has 0 radical (unpaired) electrons. The standard InChI is InChI=1S/C24H26FN5O3/c1-15-4-5-26-12-17(15)13-28-6-8-29(9-7-28)21-10-16-14-30(24(33)18(16)11-19(21)25)20-2-3-22(31)27-23(20)32/h4-5,10-12,20H,2-3,6-9,13-14H2,1H3,(H,27,31,32). The molecule has 3 aliphatic heterocycles. The van der Waals surface area contributed by atoms with Crippen LogP contribution in [-0.2, 0) is 22.7 Å². The van der Waals surface area contributed by atoms with Gasteiger partial charge in [0, 0.05) is 63.6 Å². The number of carbonyl (C=O) groups is 3. The van der Waals surface area contributed by atoms with Gasteiger partial charge in [-0.2, -0.15) is 0 Å². The van der Waals surface area contributed by atoms with E-state index in [2.05, 4.69) is 22.1 Å². The molecule has 0 saturated carbocycles. The van der Waals surface area contributed by atoms with Crippen LogP contribution in [0.15, 0.2) is 30.6 Å². The number of imide groups is 1. The Hall–Kier alpha value is -3.33. The second kappa shape index (κ2) is 8.55. The van der Waals surface area contributed by atoms with Crippen molar-refractivity contribution in [1.29, 1.82) is 0 Å². The molecule has 1 unspecified atom stereocenters. The minimum Gasteiger partial charge on any atom is -0.367 e. The first-order valence-corrected chi connectivity index (χ1v) is 11.2. The maximum atomic E-state index is 15.0. The molecule has 172 valence electrons. The average molecular weight is 452 g/mol. The number of halogens is 1. The predicted octanol–water partition coefficient (Wildman–Crippen LogP) is 1.61. The molecule has 0 aliphatic carbocycles. The van der Waals surface area contributed by atoms with Crippen molar-refractivity contribution in [3.05, 3.63) is 58.7 Å². The predicted molar refractivity (Wildman–Crippen MR) is 119 cm³/mol. The molecule has 3 amide bonds. The molecule has 0 bridgehead atoms. The fraction of sp³-hybridized carbons (Fsp3) is 0.417. The summed E-state index contributed by atoms with van der Waals surface area (Å²) in [4.78, 5) is 46.6. The number of amides is 3. The van der Waals surface area contributed by atoms with Crippen LogP contribution in [0.2, 0.25) is 0 Å². The molecule has 33 heavy (non-hydrogen) atoms. The highest BCUT2D eigenvalue weighted by atomic mass is 19.1. The van der Waals surface area contributed by atoms with E-state index in [1.54, 1.807) is 12.3 Å². The number of nitrogens with one attached hydrogen (secondary N) is 1. The quantitative estimate of drug-likeness (QED) is 0.711. The highest BCUT2D eigenvalue weighted by Crippen LogP contribution is 2.33. The molecular weight excluding hydrogens is 425 g/mol. The lowest BCUT2D eigenvalue weighted by atomic mass is 10.0. The summed E-state index contributed by atoms with van der Waals surface area (Å²) in [6.45, 7) is 6.09. The fourth-order valence-electron chi connectivity index (χ4n) is 4.87. The van der Waals surface area contributed by atoms with Crippen LogP contribution in [0.5, 0.6) is 0 Å². The fourth-order valence-corrected chi connectivity index (χ4v) is 4.87. The van der Waals surface area contributed by atoms with Crippen LogP contribution in [0.3, 0.4) is 0 Å². The summed E-state index contributed by atoms with van der Waals surface area (Å²) >= 11 is 0. The zero-order chi connectivity index (χ0) is 23.1. The van der Waals surface area contributed by atoms with Gasteiger partial charge in [0.15, 0.2) is 0 Å². The molecule has 5 rings (SSSR count). The van der Waals surface area contributed by atoms with Crippen LogP contribution in [0, 0.1) is 12.7 Å². The molecule has 2 aromatic rings. The number of hydrogen-bond acceptors (Lipinski definition) is 6. The molecule has 2 fully saturated rings. The number of nitrogens with zero attached hydrogens (tertiary/aromatic N) is 4. The number of anilines is 1. The summed E-state index contributed by atoms with van der Waals surface area (Å²) in [5.41, 5.74) is 3.91. The number of piperazine rings is 1. The largest absolute Gasteiger partial charge is 0.367 e. The Balaban J connectivity index is 1.27. The van der Waals surface area contributed by atoms with Crippen molar-refractivity contribution in [1.82, 2.24) is 20.1 Å². The van der Waals surface area contributed by atoms with Gasteiger partial charge in [-0.1, -0.05) is 0 Å². The lowest BCUT2D eigenvalue weighted by Gasteiger charge is -2.36. The van der Waals surface area contributed by atoms with Gasteiger partial charge in [0.1, 0.15) is 11.9 Å². The summed E-state index contributed by atoms with van der Waals surface area (Å²) in [5, 5.41) is 2.29. The summed E-state index contributed by atoms with van der Waals surface area (Å²) in [5.74, 6) is -1.58. The number of hydrogen-bond donors (Lipinski definition) is 1. The first-order valence-electron chi connectivity index (χ1n) is 11.2.